The molecule has 48 valence electrons. The molecule has 2 N–H and O–H groups in total. The molecule has 0 radical (unpaired) electrons. The monoisotopic (exact) mass is 116 g/mol. The molecule has 8 heavy (non-hydrogen) atoms. The van der Waals surface area contributed by atoms with E-state index in [1.165, 1.54) is 0 Å². The molecule has 1 rings (SSSR count). The Morgan fingerprint density at radius 1 is 1.75 bits per heavy atom. The maximum absolute atomic E-state index is 5.25. The van der Waals surface area contributed by atoms with E-state index in [1.54, 1.807) is 0 Å². The van der Waals surface area contributed by atoms with Gasteiger partial charge in [-0.25, -0.2) is 0 Å². The molecule has 1 fully saturated rings. The molecular weight excluding hydrogens is 104 g/mol. The summed E-state index contributed by atoms with van der Waals surface area (Å²) < 4.78 is 5.25. The summed E-state index contributed by atoms with van der Waals surface area (Å²) >= 11 is 0. The molecule has 0 spiro atoms. The van der Waals surface area contributed by atoms with Gasteiger partial charge in [-0.2, -0.15) is 0 Å². The molecule has 0 aromatic rings. The van der Waals surface area contributed by atoms with E-state index in [-0.39, 0.29) is 6.23 Å². The third-order valence-corrected chi connectivity index (χ3v) is 1.25. The van der Waals surface area contributed by atoms with E-state index in [9.17, 15) is 0 Å². The second kappa shape index (κ2) is 3.02. The lowest BCUT2D eigenvalue weighted by molar-refractivity contribution is 0.0120. The zero-order chi connectivity index (χ0) is 5.82. The van der Waals surface area contributed by atoms with Gasteiger partial charge < -0.3 is 10.1 Å². The Balaban J connectivity index is 2.13. The van der Waals surface area contributed by atoms with E-state index in [0.717, 1.165) is 19.7 Å². The first-order valence-corrected chi connectivity index (χ1v) is 2.93. The van der Waals surface area contributed by atoms with Gasteiger partial charge in [-0.1, -0.05) is 0 Å². The lowest BCUT2D eigenvalue weighted by atomic mass is 10.4. The minimum absolute atomic E-state index is 0.226. The van der Waals surface area contributed by atoms with Crippen LogP contribution < -0.4 is 10.6 Å². The number of hydrogen-bond donors (Lipinski definition) is 2. The van der Waals surface area contributed by atoms with Crippen molar-refractivity contribution in [1.29, 1.82) is 0 Å². The third-order valence-electron chi connectivity index (χ3n) is 1.25. The van der Waals surface area contributed by atoms with Crippen molar-refractivity contribution in [3.8, 4) is 0 Å². The summed E-state index contributed by atoms with van der Waals surface area (Å²) in [6, 6.07) is 0. The summed E-state index contributed by atoms with van der Waals surface area (Å²) in [6.07, 6.45) is 0.226. The van der Waals surface area contributed by atoms with Gasteiger partial charge in [-0.15, -0.1) is 0 Å². The number of likely N-dealkylation sites (N-methyl/N-ethyl adjacent to an activating group) is 1. The molecule has 0 aromatic carbocycles. The van der Waals surface area contributed by atoms with E-state index in [4.69, 9.17) is 4.74 Å². The molecule has 0 amide bonds. The Hall–Kier alpha value is -0.120. The van der Waals surface area contributed by atoms with Crippen LogP contribution in [0.15, 0.2) is 0 Å². The first-order valence-electron chi connectivity index (χ1n) is 2.93. The van der Waals surface area contributed by atoms with Gasteiger partial charge in [0.25, 0.3) is 0 Å². The van der Waals surface area contributed by atoms with Crippen molar-refractivity contribution >= 4 is 0 Å². The van der Waals surface area contributed by atoms with E-state index < -0.39 is 0 Å². The fourth-order valence-corrected chi connectivity index (χ4v) is 0.751. The molecular formula is C5H12N2O. The van der Waals surface area contributed by atoms with Gasteiger partial charge in [-0.3, -0.25) is 5.32 Å². The summed E-state index contributed by atoms with van der Waals surface area (Å²) in [4.78, 5) is 0. The molecule has 0 saturated carbocycles. The Morgan fingerprint density at radius 3 is 3.00 bits per heavy atom. The molecule has 3 heteroatoms. The van der Waals surface area contributed by atoms with Crippen molar-refractivity contribution in [2.24, 2.45) is 0 Å². The zero-order valence-electron chi connectivity index (χ0n) is 5.11. The fourth-order valence-electron chi connectivity index (χ4n) is 0.751. The van der Waals surface area contributed by atoms with Crippen molar-refractivity contribution in [3.05, 3.63) is 0 Å². The molecule has 0 aromatic heterocycles. The maximum Gasteiger partial charge on any atom is 0.120 e. The summed E-state index contributed by atoms with van der Waals surface area (Å²) in [7, 11) is 1.90. The van der Waals surface area contributed by atoms with Crippen molar-refractivity contribution in [3.63, 3.8) is 0 Å². The predicted molar refractivity (Wildman–Crippen MR) is 31.7 cm³/mol. The van der Waals surface area contributed by atoms with E-state index >= 15 is 0 Å². The van der Waals surface area contributed by atoms with Crippen molar-refractivity contribution in [2.75, 3.05) is 26.7 Å². The number of rotatable bonds is 1. The normalized spacial score (nSPS) is 30.4. The second-order valence-electron chi connectivity index (χ2n) is 1.85. The van der Waals surface area contributed by atoms with Gasteiger partial charge in [-0.05, 0) is 7.05 Å². The number of hydrogen-bond acceptors (Lipinski definition) is 3. The first-order chi connectivity index (χ1) is 3.93. The Kier molecular flexibility index (Phi) is 2.27. The van der Waals surface area contributed by atoms with Crippen molar-refractivity contribution < 1.29 is 4.74 Å². The summed E-state index contributed by atoms with van der Waals surface area (Å²) in [5, 5.41) is 6.22. The van der Waals surface area contributed by atoms with Crippen LogP contribution >= 0.6 is 0 Å². The highest BCUT2D eigenvalue weighted by Crippen LogP contribution is 1.88. The Bertz CT molecular complexity index is 61.4. The van der Waals surface area contributed by atoms with Crippen LogP contribution in [-0.2, 0) is 4.74 Å². The summed E-state index contributed by atoms with van der Waals surface area (Å²) in [5.41, 5.74) is 0. The SMILES string of the molecule is CNC1CNCCO1. The van der Waals surface area contributed by atoms with Crippen LogP contribution in [-0.4, -0.2) is 33.0 Å². The highest BCUT2D eigenvalue weighted by Gasteiger charge is 2.08. The van der Waals surface area contributed by atoms with Crippen LogP contribution in [0.2, 0.25) is 0 Å². The Labute approximate surface area is 49.4 Å². The minimum Gasteiger partial charge on any atom is -0.361 e. The zero-order valence-corrected chi connectivity index (χ0v) is 5.11. The van der Waals surface area contributed by atoms with Crippen molar-refractivity contribution in [2.45, 2.75) is 6.23 Å². The molecule has 1 unspecified atom stereocenters. The quantitative estimate of drug-likeness (QED) is 0.468. The number of morpholine rings is 1. The Morgan fingerprint density at radius 2 is 2.62 bits per heavy atom. The van der Waals surface area contributed by atoms with E-state index in [2.05, 4.69) is 10.6 Å². The summed E-state index contributed by atoms with van der Waals surface area (Å²) in [6.45, 7) is 2.74. The van der Waals surface area contributed by atoms with Crippen LogP contribution in [0.25, 0.3) is 0 Å². The van der Waals surface area contributed by atoms with Crippen LogP contribution in [0, 0.1) is 0 Å². The molecule has 0 bridgehead atoms. The van der Waals surface area contributed by atoms with E-state index in [0.29, 0.717) is 0 Å². The van der Waals surface area contributed by atoms with Crippen molar-refractivity contribution in [1.82, 2.24) is 10.6 Å². The van der Waals surface area contributed by atoms with Gasteiger partial charge in [0.1, 0.15) is 6.23 Å². The molecule has 1 aliphatic rings. The highest BCUT2D eigenvalue weighted by atomic mass is 16.5. The number of ether oxygens (including phenoxy) is 1. The van der Waals surface area contributed by atoms with Gasteiger partial charge in [0.2, 0.25) is 0 Å². The molecule has 1 heterocycles. The van der Waals surface area contributed by atoms with Gasteiger partial charge in [0.15, 0.2) is 0 Å². The maximum atomic E-state index is 5.25. The van der Waals surface area contributed by atoms with Crippen LogP contribution in [0.3, 0.4) is 0 Å². The lowest BCUT2D eigenvalue weighted by Gasteiger charge is -2.22. The summed E-state index contributed by atoms with van der Waals surface area (Å²) in [5.74, 6) is 0. The smallest absolute Gasteiger partial charge is 0.120 e. The topological polar surface area (TPSA) is 33.3 Å². The van der Waals surface area contributed by atoms with Crippen LogP contribution in [0.1, 0.15) is 0 Å². The van der Waals surface area contributed by atoms with Gasteiger partial charge in [0.05, 0.1) is 6.61 Å². The van der Waals surface area contributed by atoms with Crippen LogP contribution in [0.4, 0.5) is 0 Å². The fraction of sp³-hybridized carbons (Fsp3) is 1.00. The molecule has 0 aliphatic carbocycles. The average molecular weight is 116 g/mol. The molecule has 3 nitrogen and oxygen atoms in total. The van der Waals surface area contributed by atoms with E-state index in [1.807, 2.05) is 7.05 Å². The second-order valence-corrected chi connectivity index (χ2v) is 1.85. The first kappa shape index (κ1) is 6.01. The van der Waals surface area contributed by atoms with Crippen LogP contribution in [0.5, 0.6) is 0 Å². The largest absolute Gasteiger partial charge is 0.361 e. The average Bonchev–Trinajstić information content (AvgIpc) is 1.90. The molecule has 1 saturated heterocycles. The minimum atomic E-state index is 0.226. The molecule has 1 atom stereocenters. The predicted octanol–water partition coefficient (Wildman–Crippen LogP) is -0.848. The third kappa shape index (κ3) is 1.43. The van der Waals surface area contributed by atoms with Gasteiger partial charge in [0, 0.05) is 13.1 Å². The highest BCUT2D eigenvalue weighted by molar-refractivity contribution is 4.61. The standard InChI is InChI=1S/C5H12N2O/c1-6-5-4-7-2-3-8-5/h5-7H,2-4H2,1H3. The molecule has 1 aliphatic heterocycles. The van der Waals surface area contributed by atoms with Gasteiger partial charge >= 0.3 is 0 Å². The lowest BCUT2D eigenvalue weighted by Crippen LogP contribution is -2.45. The number of nitrogens with one attached hydrogen (secondary N) is 2.